The van der Waals surface area contributed by atoms with Crippen LogP contribution < -0.4 is 5.73 Å². The highest BCUT2D eigenvalue weighted by atomic mass is 32.2. The summed E-state index contributed by atoms with van der Waals surface area (Å²) in [4.78, 5) is 0.794. The number of benzene rings is 2. The molecule has 100 valence electrons. The molecule has 1 atom stereocenters. The summed E-state index contributed by atoms with van der Waals surface area (Å²) < 4.78 is 25.6. The van der Waals surface area contributed by atoms with Gasteiger partial charge in [-0.15, -0.1) is 0 Å². The van der Waals surface area contributed by atoms with Gasteiger partial charge < -0.3 is 5.73 Å². The smallest absolute Gasteiger partial charge is 0.146 e. The fourth-order valence-corrected chi connectivity index (χ4v) is 3.22. The highest BCUT2D eigenvalue weighted by Gasteiger charge is 2.09. The van der Waals surface area contributed by atoms with Crippen LogP contribution in [0, 0.1) is 19.7 Å². The standard InChI is InChI=1S/C15H16FNOS/c1-10-3-6-15(11(2)7-10)19(18)9-12-4-5-14(17)13(16)8-12/h3-8H,9,17H2,1-2H3. The molecule has 19 heavy (non-hydrogen) atoms. The van der Waals surface area contributed by atoms with E-state index in [1.807, 2.05) is 32.0 Å². The molecule has 4 heteroatoms. The topological polar surface area (TPSA) is 43.1 Å². The van der Waals surface area contributed by atoms with Crippen LogP contribution in [-0.4, -0.2) is 4.21 Å². The summed E-state index contributed by atoms with van der Waals surface area (Å²) in [5.41, 5.74) is 8.35. The van der Waals surface area contributed by atoms with E-state index in [4.69, 9.17) is 5.73 Å². The monoisotopic (exact) mass is 277 g/mol. The van der Waals surface area contributed by atoms with Gasteiger partial charge in [-0.2, -0.15) is 0 Å². The number of anilines is 1. The molecule has 0 radical (unpaired) electrons. The average molecular weight is 277 g/mol. The quantitative estimate of drug-likeness (QED) is 0.874. The minimum atomic E-state index is -1.18. The van der Waals surface area contributed by atoms with Crippen molar-refractivity contribution in [2.45, 2.75) is 24.5 Å². The van der Waals surface area contributed by atoms with Crippen molar-refractivity contribution in [1.29, 1.82) is 0 Å². The van der Waals surface area contributed by atoms with Crippen LogP contribution in [0.3, 0.4) is 0 Å². The predicted octanol–water partition coefficient (Wildman–Crippen LogP) is 3.33. The molecule has 0 fully saturated rings. The second kappa shape index (κ2) is 5.53. The summed E-state index contributed by atoms with van der Waals surface area (Å²) in [5.74, 6) is -0.170. The summed E-state index contributed by atoms with van der Waals surface area (Å²) in [5, 5.41) is 0. The Kier molecular flexibility index (Phi) is 4.00. The molecule has 2 rings (SSSR count). The van der Waals surface area contributed by atoms with Gasteiger partial charge in [0.15, 0.2) is 0 Å². The Balaban J connectivity index is 2.23. The van der Waals surface area contributed by atoms with Crippen molar-refractivity contribution in [2.75, 3.05) is 5.73 Å². The van der Waals surface area contributed by atoms with Crippen molar-refractivity contribution in [2.24, 2.45) is 0 Å². The van der Waals surface area contributed by atoms with Crippen LogP contribution in [0.4, 0.5) is 10.1 Å². The van der Waals surface area contributed by atoms with Gasteiger partial charge in [0.05, 0.1) is 22.2 Å². The summed E-state index contributed by atoms with van der Waals surface area (Å²) >= 11 is 0. The van der Waals surface area contributed by atoms with Gasteiger partial charge in [-0.25, -0.2) is 4.39 Å². The summed E-state index contributed by atoms with van der Waals surface area (Å²) in [7, 11) is -1.18. The van der Waals surface area contributed by atoms with E-state index < -0.39 is 16.6 Å². The third kappa shape index (κ3) is 3.20. The van der Waals surface area contributed by atoms with Crippen LogP contribution in [0.1, 0.15) is 16.7 Å². The maximum absolute atomic E-state index is 13.3. The van der Waals surface area contributed by atoms with Gasteiger partial charge in [0.1, 0.15) is 5.82 Å². The number of nitrogens with two attached hydrogens (primary N) is 1. The van der Waals surface area contributed by atoms with Gasteiger partial charge in [0.25, 0.3) is 0 Å². The molecule has 0 aliphatic carbocycles. The van der Waals surface area contributed by atoms with Crippen LogP contribution in [-0.2, 0) is 16.6 Å². The largest absolute Gasteiger partial charge is 0.396 e. The van der Waals surface area contributed by atoms with Gasteiger partial charge in [0, 0.05) is 4.90 Å². The summed E-state index contributed by atoms with van der Waals surface area (Å²) in [6.45, 7) is 3.93. The number of hydrogen-bond acceptors (Lipinski definition) is 2. The van der Waals surface area contributed by atoms with E-state index in [0.717, 1.165) is 16.0 Å². The molecular weight excluding hydrogens is 261 g/mol. The van der Waals surface area contributed by atoms with Gasteiger partial charge in [-0.1, -0.05) is 23.8 Å². The molecule has 2 N–H and O–H groups in total. The van der Waals surface area contributed by atoms with Gasteiger partial charge >= 0.3 is 0 Å². The van der Waals surface area contributed by atoms with E-state index in [9.17, 15) is 8.60 Å². The number of hydrogen-bond donors (Lipinski definition) is 1. The first kappa shape index (κ1) is 13.7. The number of rotatable bonds is 3. The zero-order chi connectivity index (χ0) is 14.0. The highest BCUT2D eigenvalue weighted by Crippen LogP contribution is 2.19. The molecule has 2 aromatic carbocycles. The van der Waals surface area contributed by atoms with Crippen molar-refractivity contribution in [3.8, 4) is 0 Å². The summed E-state index contributed by atoms with van der Waals surface area (Å²) in [6, 6.07) is 10.4. The van der Waals surface area contributed by atoms with Crippen molar-refractivity contribution in [3.63, 3.8) is 0 Å². The van der Waals surface area contributed by atoms with Crippen LogP contribution in [0.5, 0.6) is 0 Å². The van der Waals surface area contributed by atoms with E-state index in [1.54, 1.807) is 6.07 Å². The first-order valence-corrected chi connectivity index (χ1v) is 7.29. The second-order valence-electron chi connectivity index (χ2n) is 4.61. The SMILES string of the molecule is Cc1ccc(S(=O)Cc2ccc(N)c(F)c2)c(C)c1. The fraction of sp³-hybridized carbons (Fsp3) is 0.200. The van der Waals surface area contributed by atoms with E-state index in [1.165, 1.54) is 12.1 Å². The molecule has 0 aliphatic heterocycles. The molecule has 0 saturated carbocycles. The van der Waals surface area contributed by atoms with Crippen molar-refractivity contribution in [3.05, 3.63) is 58.9 Å². The lowest BCUT2D eigenvalue weighted by molar-refractivity contribution is 0.631. The zero-order valence-electron chi connectivity index (χ0n) is 10.9. The zero-order valence-corrected chi connectivity index (χ0v) is 11.8. The van der Waals surface area contributed by atoms with E-state index in [2.05, 4.69) is 0 Å². The average Bonchev–Trinajstić information content (AvgIpc) is 2.33. The Morgan fingerprint density at radius 1 is 1.16 bits per heavy atom. The molecular formula is C15H16FNOS. The lowest BCUT2D eigenvalue weighted by atomic mass is 10.2. The predicted molar refractivity (Wildman–Crippen MR) is 76.8 cm³/mol. The molecule has 2 aromatic rings. The molecule has 0 bridgehead atoms. The van der Waals surface area contributed by atoms with Gasteiger partial charge in [-0.3, -0.25) is 4.21 Å². The number of nitrogen functional groups attached to an aromatic ring is 1. The lowest BCUT2D eigenvalue weighted by Gasteiger charge is -2.07. The van der Waals surface area contributed by atoms with Crippen LogP contribution >= 0.6 is 0 Å². The van der Waals surface area contributed by atoms with E-state index in [0.29, 0.717) is 11.3 Å². The summed E-state index contributed by atoms with van der Waals surface area (Å²) in [6.07, 6.45) is 0. The molecule has 0 spiro atoms. The number of aryl methyl sites for hydroxylation is 2. The minimum absolute atomic E-state index is 0.112. The molecule has 0 aliphatic rings. The minimum Gasteiger partial charge on any atom is -0.396 e. The molecule has 0 amide bonds. The maximum Gasteiger partial charge on any atom is 0.146 e. The molecule has 0 heterocycles. The second-order valence-corrected chi connectivity index (χ2v) is 6.03. The van der Waals surface area contributed by atoms with Crippen molar-refractivity contribution in [1.82, 2.24) is 0 Å². The molecule has 0 aromatic heterocycles. The third-order valence-electron chi connectivity index (χ3n) is 2.94. The molecule has 0 saturated heterocycles. The van der Waals surface area contributed by atoms with Crippen LogP contribution in [0.25, 0.3) is 0 Å². The van der Waals surface area contributed by atoms with Crippen molar-refractivity contribution < 1.29 is 8.60 Å². The Morgan fingerprint density at radius 3 is 2.53 bits per heavy atom. The first-order valence-electron chi connectivity index (χ1n) is 5.97. The molecule has 1 unspecified atom stereocenters. The fourth-order valence-electron chi connectivity index (χ4n) is 1.94. The van der Waals surface area contributed by atoms with Gasteiger partial charge in [0.2, 0.25) is 0 Å². The van der Waals surface area contributed by atoms with Crippen LogP contribution in [0.15, 0.2) is 41.3 Å². The van der Waals surface area contributed by atoms with E-state index >= 15 is 0 Å². The Labute approximate surface area is 114 Å². The maximum atomic E-state index is 13.3. The van der Waals surface area contributed by atoms with E-state index in [-0.39, 0.29) is 5.69 Å². The molecule has 2 nitrogen and oxygen atoms in total. The van der Waals surface area contributed by atoms with Gasteiger partial charge in [-0.05, 0) is 43.2 Å². The number of halogens is 1. The highest BCUT2D eigenvalue weighted by molar-refractivity contribution is 7.84. The lowest BCUT2D eigenvalue weighted by Crippen LogP contribution is -2.00. The Morgan fingerprint density at radius 2 is 1.89 bits per heavy atom. The van der Waals surface area contributed by atoms with Crippen LogP contribution in [0.2, 0.25) is 0 Å². The normalized spacial score (nSPS) is 12.4. The van der Waals surface area contributed by atoms with Crippen molar-refractivity contribution >= 4 is 16.5 Å². The Hall–Kier alpha value is -1.68. The first-order chi connectivity index (χ1) is 8.97. The third-order valence-corrected chi connectivity index (χ3v) is 4.48. The Bertz CT molecular complexity index is 640.